The Balaban J connectivity index is 1.76. The van der Waals surface area contributed by atoms with Crippen LogP contribution in [0, 0.1) is 5.82 Å². The number of aromatic nitrogens is 4. The van der Waals surface area contributed by atoms with E-state index < -0.39 is 5.82 Å². The Morgan fingerprint density at radius 2 is 1.86 bits per heavy atom. The molecule has 1 aliphatic rings. The molecule has 3 rings (SSSR count). The zero-order valence-corrected chi connectivity index (χ0v) is 12.7. The van der Waals surface area contributed by atoms with E-state index in [1.807, 2.05) is 9.80 Å². The molecule has 0 radical (unpaired) electrons. The maximum Gasteiger partial charge on any atom is 0.287 e. The van der Waals surface area contributed by atoms with Crippen molar-refractivity contribution in [2.45, 2.75) is 0 Å². The number of aryl methyl sites for hydroxylation is 1. The largest absolute Gasteiger partial charge is 0.365 e. The summed E-state index contributed by atoms with van der Waals surface area (Å²) in [6, 6.07) is 0. The molecule has 0 spiro atoms. The van der Waals surface area contributed by atoms with Gasteiger partial charge in [0.05, 0.1) is 18.1 Å². The van der Waals surface area contributed by atoms with Crippen LogP contribution in [0.1, 0.15) is 0 Å². The van der Waals surface area contributed by atoms with Crippen molar-refractivity contribution < 1.29 is 4.39 Å². The van der Waals surface area contributed by atoms with E-state index in [0.717, 1.165) is 6.20 Å². The van der Waals surface area contributed by atoms with Gasteiger partial charge >= 0.3 is 0 Å². The van der Waals surface area contributed by atoms with Crippen molar-refractivity contribution in [3.05, 3.63) is 39.9 Å². The first-order chi connectivity index (χ1) is 10.6. The van der Waals surface area contributed by atoms with Crippen molar-refractivity contribution in [1.29, 1.82) is 0 Å². The summed E-state index contributed by atoms with van der Waals surface area (Å²) in [6.45, 7) is 2.33. The first kappa shape index (κ1) is 14.7. The van der Waals surface area contributed by atoms with Crippen molar-refractivity contribution in [3.63, 3.8) is 0 Å². The average molecular weight is 325 g/mol. The van der Waals surface area contributed by atoms with Gasteiger partial charge in [0.1, 0.15) is 11.3 Å². The van der Waals surface area contributed by atoms with Gasteiger partial charge in [0, 0.05) is 33.2 Å². The van der Waals surface area contributed by atoms with Gasteiger partial charge in [-0.15, -0.1) is 0 Å². The zero-order valence-electron chi connectivity index (χ0n) is 11.9. The van der Waals surface area contributed by atoms with Gasteiger partial charge in [0.25, 0.3) is 5.56 Å². The fraction of sp³-hybridized carbons (Fsp3) is 0.385. The van der Waals surface area contributed by atoms with E-state index in [1.165, 1.54) is 11.0 Å². The Labute approximate surface area is 131 Å². The zero-order chi connectivity index (χ0) is 15.7. The maximum absolute atomic E-state index is 13.7. The van der Waals surface area contributed by atoms with Crippen LogP contribution in [0.4, 0.5) is 15.9 Å². The van der Waals surface area contributed by atoms with Gasteiger partial charge in [-0.25, -0.2) is 19.0 Å². The Hall–Kier alpha value is -2.22. The molecule has 22 heavy (non-hydrogen) atoms. The molecule has 0 amide bonds. The molecule has 2 aromatic heterocycles. The lowest BCUT2D eigenvalue weighted by atomic mass is 10.2. The van der Waals surface area contributed by atoms with Crippen LogP contribution in [0.25, 0.3) is 0 Å². The van der Waals surface area contributed by atoms with Crippen LogP contribution in [0.5, 0.6) is 0 Å². The second-order valence-electron chi connectivity index (χ2n) is 4.94. The molecule has 0 atom stereocenters. The van der Waals surface area contributed by atoms with E-state index >= 15 is 0 Å². The van der Waals surface area contributed by atoms with E-state index in [4.69, 9.17) is 11.6 Å². The number of piperazine rings is 1. The van der Waals surface area contributed by atoms with Crippen molar-refractivity contribution in [2.24, 2.45) is 7.05 Å². The normalized spacial score (nSPS) is 15.2. The maximum atomic E-state index is 13.7. The predicted molar refractivity (Wildman–Crippen MR) is 80.9 cm³/mol. The highest BCUT2D eigenvalue weighted by molar-refractivity contribution is 6.33. The Morgan fingerprint density at radius 3 is 2.55 bits per heavy atom. The Kier molecular flexibility index (Phi) is 3.93. The van der Waals surface area contributed by atoms with Crippen molar-refractivity contribution >= 4 is 23.1 Å². The smallest absolute Gasteiger partial charge is 0.287 e. The third-order valence-corrected chi connectivity index (χ3v) is 3.98. The summed E-state index contributed by atoms with van der Waals surface area (Å²) in [6.07, 6.45) is 4.05. The molecule has 0 aliphatic carbocycles. The molecule has 7 nitrogen and oxygen atoms in total. The summed E-state index contributed by atoms with van der Waals surface area (Å²) in [5.74, 6) is -0.146. The molecule has 116 valence electrons. The molecular formula is C13H14ClFN6O. The molecule has 0 N–H and O–H groups in total. The summed E-state index contributed by atoms with van der Waals surface area (Å²) in [4.78, 5) is 23.3. The molecule has 1 fully saturated rings. The molecule has 0 aromatic carbocycles. The Morgan fingerprint density at radius 1 is 1.18 bits per heavy atom. The molecule has 2 aromatic rings. The second kappa shape index (κ2) is 5.88. The molecule has 1 saturated heterocycles. The third-order valence-electron chi connectivity index (χ3n) is 3.63. The van der Waals surface area contributed by atoms with Gasteiger partial charge in [-0.3, -0.25) is 4.79 Å². The lowest BCUT2D eigenvalue weighted by Crippen LogP contribution is -2.47. The summed E-state index contributed by atoms with van der Waals surface area (Å²) < 4.78 is 14.9. The van der Waals surface area contributed by atoms with Crippen LogP contribution < -0.4 is 15.4 Å². The van der Waals surface area contributed by atoms with E-state index in [9.17, 15) is 9.18 Å². The highest BCUT2D eigenvalue weighted by Gasteiger charge is 2.23. The van der Waals surface area contributed by atoms with Gasteiger partial charge < -0.3 is 9.80 Å². The van der Waals surface area contributed by atoms with Crippen LogP contribution in [-0.4, -0.2) is 45.9 Å². The highest BCUT2D eigenvalue weighted by atomic mass is 35.5. The van der Waals surface area contributed by atoms with Crippen LogP contribution in [0.15, 0.2) is 23.5 Å². The van der Waals surface area contributed by atoms with E-state index in [0.29, 0.717) is 37.7 Å². The van der Waals surface area contributed by atoms with Crippen LogP contribution in [0.3, 0.4) is 0 Å². The standard InChI is InChI=1S/C13H14ClFN6O/c1-19-13(22)11(14)10(7-18-19)20-2-4-21(5-3-20)12-9(15)6-16-8-17-12/h6-8H,2-5H2,1H3. The van der Waals surface area contributed by atoms with Crippen LogP contribution in [0.2, 0.25) is 5.02 Å². The SMILES string of the molecule is Cn1ncc(N2CCN(c3ncncc3F)CC2)c(Cl)c1=O. The fourth-order valence-corrected chi connectivity index (χ4v) is 2.71. The molecule has 9 heteroatoms. The monoisotopic (exact) mass is 324 g/mol. The molecule has 3 heterocycles. The molecule has 0 unspecified atom stereocenters. The number of rotatable bonds is 2. The minimum absolute atomic E-state index is 0.152. The number of nitrogens with zero attached hydrogens (tertiary/aromatic N) is 6. The first-order valence-corrected chi connectivity index (χ1v) is 7.13. The lowest BCUT2D eigenvalue weighted by molar-refractivity contribution is 0.581. The molecular weight excluding hydrogens is 311 g/mol. The van der Waals surface area contributed by atoms with Gasteiger partial charge in [-0.05, 0) is 0 Å². The summed E-state index contributed by atoms with van der Waals surface area (Å²) in [5.41, 5.74) is 0.274. The van der Waals surface area contributed by atoms with Gasteiger partial charge in [0.2, 0.25) is 0 Å². The van der Waals surface area contributed by atoms with E-state index in [1.54, 1.807) is 13.2 Å². The fourth-order valence-electron chi connectivity index (χ4n) is 2.42. The third kappa shape index (κ3) is 2.61. The van der Waals surface area contributed by atoms with Gasteiger partial charge in [-0.1, -0.05) is 11.6 Å². The van der Waals surface area contributed by atoms with Crippen LogP contribution >= 0.6 is 11.6 Å². The quantitative estimate of drug-likeness (QED) is 0.809. The number of halogens is 2. The van der Waals surface area contributed by atoms with Gasteiger partial charge in [0.15, 0.2) is 11.6 Å². The minimum atomic E-state index is -0.441. The Bertz CT molecular complexity index is 744. The van der Waals surface area contributed by atoms with Crippen molar-refractivity contribution in [3.8, 4) is 0 Å². The number of hydrogen-bond acceptors (Lipinski definition) is 6. The molecule has 0 saturated carbocycles. The second-order valence-corrected chi connectivity index (χ2v) is 5.32. The van der Waals surface area contributed by atoms with E-state index in [-0.39, 0.29) is 10.6 Å². The lowest BCUT2D eigenvalue weighted by Gasteiger charge is -2.36. The van der Waals surface area contributed by atoms with E-state index in [2.05, 4.69) is 15.1 Å². The number of anilines is 2. The summed E-state index contributed by atoms with van der Waals surface area (Å²) in [7, 11) is 1.55. The summed E-state index contributed by atoms with van der Waals surface area (Å²) >= 11 is 6.10. The number of hydrogen-bond donors (Lipinski definition) is 0. The van der Waals surface area contributed by atoms with Crippen molar-refractivity contribution in [2.75, 3.05) is 36.0 Å². The predicted octanol–water partition coefficient (Wildman–Crippen LogP) is 0.689. The van der Waals surface area contributed by atoms with Gasteiger partial charge in [-0.2, -0.15) is 5.10 Å². The minimum Gasteiger partial charge on any atom is -0.365 e. The average Bonchev–Trinajstić information content (AvgIpc) is 2.54. The molecule has 0 bridgehead atoms. The van der Waals surface area contributed by atoms with Crippen LogP contribution in [-0.2, 0) is 7.05 Å². The summed E-state index contributed by atoms with van der Waals surface area (Å²) in [5, 5.41) is 4.14. The topological polar surface area (TPSA) is 67.2 Å². The highest BCUT2D eigenvalue weighted by Crippen LogP contribution is 2.24. The van der Waals surface area contributed by atoms with Crippen molar-refractivity contribution in [1.82, 2.24) is 19.7 Å². The first-order valence-electron chi connectivity index (χ1n) is 6.75. The molecule has 1 aliphatic heterocycles.